The van der Waals surface area contributed by atoms with Crippen LogP contribution in [-0.2, 0) is 21.2 Å². The van der Waals surface area contributed by atoms with Crippen molar-refractivity contribution in [3.8, 4) is 5.75 Å². The Labute approximate surface area is 177 Å². The van der Waals surface area contributed by atoms with Crippen LogP contribution in [0.1, 0.15) is 5.56 Å². The SMILES string of the molecule is O=C(COc1ccc(Cl)cc1)N1CCc2cc(S(=O)(=O)Nc3nccs3)ccc21. The molecule has 1 aliphatic heterocycles. The zero-order valence-electron chi connectivity index (χ0n) is 15.0. The third kappa shape index (κ3) is 4.36. The van der Waals surface area contributed by atoms with Crippen LogP contribution in [-0.4, -0.2) is 32.5 Å². The number of hydrogen-bond acceptors (Lipinski definition) is 6. The highest BCUT2D eigenvalue weighted by Gasteiger charge is 2.27. The van der Waals surface area contributed by atoms with Gasteiger partial charge >= 0.3 is 0 Å². The first-order valence-electron chi connectivity index (χ1n) is 8.66. The van der Waals surface area contributed by atoms with Gasteiger partial charge in [0, 0.05) is 28.8 Å². The quantitative estimate of drug-likeness (QED) is 0.621. The summed E-state index contributed by atoms with van der Waals surface area (Å²) in [7, 11) is -3.73. The molecular formula is C19H16ClN3O4S2. The second-order valence-electron chi connectivity index (χ2n) is 6.27. The Balaban J connectivity index is 1.46. The van der Waals surface area contributed by atoms with Crippen LogP contribution in [0.4, 0.5) is 10.8 Å². The number of benzene rings is 2. The van der Waals surface area contributed by atoms with E-state index in [9.17, 15) is 13.2 Å². The van der Waals surface area contributed by atoms with Crippen molar-refractivity contribution in [2.75, 3.05) is 22.8 Å². The number of carbonyl (C=O) groups excluding carboxylic acids is 1. The molecule has 0 unspecified atom stereocenters. The maximum Gasteiger partial charge on any atom is 0.264 e. The molecule has 4 rings (SSSR count). The van der Waals surface area contributed by atoms with Crippen LogP contribution in [0.15, 0.2) is 58.9 Å². The lowest BCUT2D eigenvalue weighted by molar-refractivity contribution is -0.120. The van der Waals surface area contributed by atoms with Gasteiger partial charge in [-0.25, -0.2) is 13.4 Å². The number of fused-ring (bicyclic) bond motifs is 1. The molecule has 10 heteroatoms. The molecule has 2 aromatic carbocycles. The summed E-state index contributed by atoms with van der Waals surface area (Å²) < 4.78 is 33.1. The number of hydrogen-bond donors (Lipinski definition) is 1. The predicted octanol–water partition coefficient (Wildman–Crippen LogP) is 3.57. The molecule has 0 bridgehead atoms. The van der Waals surface area contributed by atoms with Crippen molar-refractivity contribution in [1.29, 1.82) is 0 Å². The average molecular weight is 450 g/mol. The third-order valence-electron chi connectivity index (χ3n) is 4.39. The summed E-state index contributed by atoms with van der Waals surface area (Å²) in [5.74, 6) is 0.354. The van der Waals surface area contributed by atoms with E-state index in [-0.39, 0.29) is 17.4 Å². The maximum atomic E-state index is 12.6. The fourth-order valence-electron chi connectivity index (χ4n) is 3.01. The largest absolute Gasteiger partial charge is 0.484 e. The lowest BCUT2D eigenvalue weighted by Gasteiger charge is -2.18. The molecule has 1 aliphatic rings. The number of sulfonamides is 1. The van der Waals surface area contributed by atoms with Crippen molar-refractivity contribution >= 4 is 49.7 Å². The zero-order chi connectivity index (χ0) is 20.4. The normalized spacial score (nSPS) is 13.2. The average Bonchev–Trinajstić information content (AvgIpc) is 3.36. The van der Waals surface area contributed by atoms with Gasteiger partial charge < -0.3 is 9.64 Å². The fraction of sp³-hybridized carbons (Fsp3) is 0.158. The van der Waals surface area contributed by atoms with Gasteiger partial charge in [-0.15, -0.1) is 11.3 Å². The number of nitrogens with one attached hydrogen (secondary N) is 1. The standard InChI is InChI=1S/C19H16ClN3O4S2/c20-14-1-3-15(4-2-14)27-12-18(24)23-9-7-13-11-16(5-6-17(13)23)29(25,26)22-19-21-8-10-28-19/h1-6,8,10-11H,7,9,12H2,(H,21,22). The summed E-state index contributed by atoms with van der Waals surface area (Å²) in [6, 6.07) is 11.5. The topological polar surface area (TPSA) is 88.6 Å². The molecule has 0 aliphatic carbocycles. The first-order chi connectivity index (χ1) is 13.9. The molecule has 2 heterocycles. The van der Waals surface area contributed by atoms with E-state index in [0.717, 1.165) is 5.56 Å². The van der Waals surface area contributed by atoms with Gasteiger partial charge in [0.25, 0.3) is 15.9 Å². The highest BCUT2D eigenvalue weighted by atomic mass is 35.5. The van der Waals surface area contributed by atoms with Gasteiger partial charge in [0.15, 0.2) is 11.7 Å². The van der Waals surface area contributed by atoms with Crippen LogP contribution in [0, 0.1) is 0 Å². The van der Waals surface area contributed by atoms with Gasteiger partial charge in [0.2, 0.25) is 0 Å². The van der Waals surface area contributed by atoms with Gasteiger partial charge in [-0.05, 0) is 54.4 Å². The first-order valence-corrected chi connectivity index (χ1v) is 11.4. The van der Waals surface area contributed by atoms with Gasteiger partial charge in [0.05, 0.1) is 4.90 Å². The Morgan fingerprint density at radius 1 is 1.24 bits per heavy atom. The van der Waals surface area contributed by atoms with Gasteiger partial charge in [0.1, 0.15) is 5.75 Å². The van der Waals surface area contributed by atoms with Crippen molar-refractivity contribution in [2.45, 2.75) is 11.3 Å². The van der Waals surface area contributed by atoms with Crippen molar-refractivity contribution < 1.29 is 17.9 Å². The molecule has 0 saturated heterocycles. The van der Waals surface area contributed by atoms with Gasteiger partial charge in [-0.1, -0.05) is 11.6 Å². The van der Waals surface area contributed by atoms with Crippen molar-refractivity contribution in [2.24, 2.45) is 0 Å². The van der Waals surface area contributed by atoms with E-state index < -0.39 is 10.0 Å². The summed E-state index contributed by atoms with van der Waals surface area (Å²) in [6.45, 7) is 0.355. The summed E-state index contributed by atoms with van der Waals surface area (Å²) in [6.07, 6.45) is 2.10. The number of anilines is 2. The van der Waals surface area contributed by atoms with E-state index >= 15 is 0 Å². The number of nitrogens with zero attached hydrogens (tertiary/aromatic N) is 2. The molecule has 29 heavy (non-hydrogen) atoms. The third-order valence-corrected chi connectivity index (χ3v) is 6.79. The molecule has 7 nitrogen and oxygen atoms in total. The van der Waals surface area contributed by atoms with E-state index in [2.05, 4.69) is 9.71 Å². The van der Waals surface area contributed by atoms with Crippen molar-refractivity contribution in [3.63, 3.8) is 0 Å². The molecular weight excluding hydrogens is 434 g/mol. The Kier molecular flexibility index (Phi) is 5.44. The van der Waals surface area contributed by atoms with Gasteiger partial charge in [-0.2, -0.15) is 0 Å². The molecule has 0 saturated carbocycles. The van der Waals surface area contributed by atoms with E-state index in [0.29, 0.717) is 34.6 Å². The van der Waals surface area contributed by atoms with E-state index in [1.165, 1.54) is 23.6 Å². The molecule has 1 N–H and O–H groups in total. The highest BCUT2D eigenvalue weighted by Crippen LogP contribution is 2.31. The zero-order valence-corrected chi connectivity index (χ0v) is 17.4. The molecule has 0 spiro atoms. The molecule has 0 atom stereocenters. The number of halogens is 1. The number of rotatable bonds is 6. The summed E-state index contributed by atoms with van der Waals surface area (Å²) >= 11 is 7.04. The summed E-state index contributed by atoms with van der Waals surface area (Å²) in [4.78, 5) is 18.3. The molecule has 150 valence electrons. The highest BCUT2D eigenvalue weighted by molar-refractivity contribution is 7.93. The van der Waals surface area contributed by atoms with Crippen molar-refractivity contribution in [1.82, 2.24) is 4.98 Å². The van der Waals surface area contributed by atoms with E-state index in [1.54, 1.807) is 46.7 Å². The van der Waals surface area contributed by atoms with E-state index in [1.807, 2.05) is 0 Å². The molecule has 0 fully saturated rings. The molecule has 0 radical (unpaired) electrons. The number of carbonyl (C=O) groups is 1. The summed E-state index contributed by atoms with van der Waals surface area (Å²) in [5.41, 5.74) is 1.50. The number of thiazole rings is 1. The van der Waals surface area contributed by atoms with Crippen LogP contribution in [0.3, 0.4) is 0 Å². The lowest BCUT2D eigenvalue weighted by atomic mass is 10.2. The first kappa shape index (κ1) is 19.7. The number of aromatic nitrogens is 1. The monoisotopic (exact) mass is 449 g/mol. The minimum absolute atomic E-state index is 0.118. The van der Waals surface area contributed by atoms with Crippen LogP contribution in [0.5, 0.6) is 5.75 Å². The molecule has 1 aromatic heterocycles. The Morgan fingerprint density at radius 2 is 2.03 bits per heavy atom. The Morgan fingerprint density at radius 3 is 2.76 bits per heavy atom. The molecule has 3 aromatic rings. The minimum atomic E-state index is -3.73. The number of amides is 1. The molecule has 1 amide bonds. The smallest absolute Gasteiger partial charge is 0.264 e. The van der Waals surface area contributed by atoms with E-state index in [4.69, 9.17) is 16.3 Å². The van der Waals surface area contributed by atoms with Crippen molar-refractivity contribution in [3.05, 3.63) is 64.6 Å². The van der Waals surface area contributed by atoms with Crippen LogP contribution >= 0.6 is 22.9 Å². The predicted molar refractivity (Wildman–Crippen MR) is 112 cm³/mol. The van der Waals surface area contributed by atoms with Crippen LogP contribution in [0.2, 0.25) is 5.02 Å². The maximum absolute atomic E-state index is 12.6. The summed E-state index contributed by atoms with van der Waals surface area (Å²) in [5, 5.41) is 2.59. The minimum Gasteiger partial charge on any atom is -0.484 e. The fourth-order valence-corrected chi connectivity index (χ4v) is 4.97. The second-order valence-corrected chi connectivity index (χ2v) is 9.28. The Hall–Kier alpha value is -2.62. The number of ether oxygens (including phenoxy) is 1. The van der Waals surface area contributed by atoms with Gasteiger partial charge in [-0.3, -0.25) is 9.52 Å². The second kappa shape index (κ2) is 8.02. The Bertz CT molecular complexity index is 1130. The van der Waals surface area contributed by atoms with Crippen LogP contribution < -0.4 is 14.4 Å². The lowest BCUT2D eigenvalue weighted by Crippen LogP contribution is -2.33. The van der Waals surface area contributed by atoms with Crippen LogP contribution in [0.25, 0.3) is 0 Å².